The number of thiophene rings is 1. The second-order valence-electron chi connectivity index (χ2n) is 11.0. The van der Waals surface area contributed by atoms with Crippen LogP contribution >= 0.6 is 11.3 Å². The lowest BCUT2D eigenvalue weighted by atomic mass is 9.70. The van der Waals surface area contributed by atoms with E-state index in [-0.39, 0.29) is 24.5 Å². The van der Waals surface area contributed by atoms with Gasteiger partial charge in [0.2, 0.25) is 5.91 Å². The van der Waals surface area contributed by atoms with Gasteiger partial charge < -0.3 is 37.3 Å². The van der Waals surface area contributed by atoms with E-state index >= 15 is 0 Å². The summed E-state index contributed by atoms with van der Waals surface area (Å²) in [6.07, 6.45) is 3.89. The Balaban J connectivity index is 1.29. The smallest absolute Gasteiger partial charge is 0.261 e. The number of anilines is 1. The molecule has 2 aliphatic rings. The van der Waals surface area contributed by atoms with Crippen LogP contribution in [-0.4, -0.2) is 53.3 Å². The van der Waals surface area contributed by atoms with Crippen molar-refractivity contribution in [1.82, 2.24) is 10.2 Å². The topological polar surface area (TPSA) is 174 Å². The summed E-state index contributed by atoms with van der Waals surface area (Å²) >= 11 is 1.20. The van der Waals surface area contributed by atoms with Crippen molar-refractivity contribution in [2.24, 2.45) is 11.5 Å². The van der Waals surface area contributed by atoms with Crippen molar-refractivity contribution in [2.75, 3.05) is 25.4 Å². The van der Waals surface area contributed by atoms with E-state index in [0.717, 1.165) is 0 Å². The molecule has 44 heavy (non-hydrogen) atoms. The van der Waals surface area contributed by atoms with Gasteiger partial charge in [0.15, 0.2) is 5.78 Å². The molecule has 0 saturated carbocycles. The molecule has 6 rings (SSSR count). The molecule has 4 aromatic rings. The molecule has 1 saturated heterocycles. The summed E-state index contributed by atoms with van der Waals surface area (Å²) in [7, 11) is 0. The number of piperidine rings is 1. The van der Waals surface area contributed by atoms with Crippen LogP contribution in [-0.2, 0) is 15.1 Å². The minimum absolute atomic E-state index is 0.164. The predicted molar refractivity (Wildman–Crippen MR) is 169 cm³/mol. The van der Waals surface area contributed by atoms with Gasteiger partial charge in [-0.25, -0.2) is 0 Å². The first-order valence-electron chi connectivity index (χ1n) is 14.4. The van der Waals surface area contributed by atoms with Crippen LogP contribution in [0.2, 0.25) is 0 Å². The van der Waals surface area contributed by atoms with Crippen LogP contribution in [0.1, 0.15) is 45.2 Å². The molecule has 1 fully saturated rings. The largest absolute Gasteiger partial charge is 0.457 e. The van der Waals surface area contributed by atoms with Gasteiger partial charge in [-0.3, -0.25) is 14.4 Å². The van der Waals surface area contributed by atoms with Gasteiger partial charge in [0, 0.05) is 41.8 Å². The van der Waals surface area contributed by atoms with Crippen LogP contribution in [0, 0.1) is 0 Å². The molecule has 2 unspecified atom stereocenters. The number of hydrogen-bond donors (Lipinski definition) is 5. The van der Waals surface area contributed by atoms with Gasteiger partial charge in [0.05, 0.1) is 22.2 Å². The number of nitrogens with zero attached hydrogens (tertiary/aromatic N) is 1. The van der Waals surface area contributed by atoms with E-state index in [1.54, 1.807) is 41.3 Å². The molecule has 10 nitrogen and oxygen atoms in total. The quantitative estimate of drug-likeness (QED) is 0.156. The maximum absolute atomic E-state index is 14.1. The Morgan fingerprint density at radius 1 is 1.05 bits per heavy atom. The summed E-state index contributed by atoms with van der Waals surface area (Å²) in [5.74, 6) is 0.329. The van der Waals surface area contributed by atoms with E-state index in [1.807, 2.05) is 30.3 Å². The van der Waals surface area contributed by atoms with Crippen molar-refractivity contribution in [1.29, 1.82) is 0 Å². The van der Waals surface area contributed by atoms with Crippen LogP contribution < -0.4 is 27.3 Å². The van der Waals surface area contributed by atoms with E-state index in [9.17, 15) is 14.4 Å². The molecule has 2 amide bonds. The highest BCUT2D eigenvalue weighted by atomic mass is 32.1. The number of aliphatic hydroxyl groups is 1. The van der Waals surface area contributed by atoms with Crippen LogP contribution in [0.25, 0.3) is 10.1 Å². The van der Waals surface area contributed by atoms with Crippen molar-refractivity contribution >= 4 is 44.7 Å². The number of benzene rings is 3. The Labute approximate surface area is 258 Å². The molecule has 11 heteroatoms. The van der Waals surface area contributed by atoms with Gasteiger partial charge in [0.25, 0.3) is 5.91 Å². The second kappa shape index (κ2) is 11.9. The Morgan fingerprint density at radius 3 is 2.41 bits per heavy atom. The highest BCUT2D eigenvalue weighted by molar-refractivity contribution is 7.21. The number of Topliss-reactive ketones (excluding diaryl/α,β-unsaturated/α-hetero) is 1. The number of likely N-dealkylation sites (tertiary alicyclic amines) is 1. The molecule has 8 N–H and O–H groups in total. The second-order valence-corrected chi connectivity index (χ2v) is 12.0. The van der Waals surface area contributed by atoms with Crippen molar-refractivity contribution < 1.29 is 24.2 Å². The Morgan fingerprint density at radius 2 is 1.73 bits per heavy atom. The summed E-state index contributed by atoms with van der Waals surface area (Å²) in [4.78, 5) is 42.0. The highest BCUT2D eigenvalue weighted by Gasteiger charge is 2.48. The number of hydrogen-bond acceptors (Lipinski definition) is 9. The lowest BCUT2D eigenvalue weighted by molar-refractivity contribution is -0.127. The van der Waals surface area contributed by atoms with Crippen LogP contribution in [0.4, 0.5) is 5.69 Å². The third-order valence-corrected chi connectivity index (χ3v) is 9.57. The average molecular weight is 612 g/mol. The predicted octanol–water partition coefficient (Wildman–Crippen LogP) is 3.33. The Kier molecular flexibility index (Phi) is 7.95. The lowest BCUT2D eigenvalue weighted by Crippen LogP contribution is -2.52. The standard InChI is InChI=1S/C33H33N5O5S/c34-24-13-12-23-26-27(30(44-29(24)26)32(42)37-20-14-16-38(17-15-20)25(40)7-4-18-39)28(35)31(41)33(23,36)19-8-10-22(11-9-19)43-21-5-2-1-3-6-21/h1-13,20,28,39H,14-18,34-36H2,(H,37,42)/b7-4+. The number of nitrogens with one attached hydrogen (secondary N) is 1. The summed E-state index contributed by atoms with van der Waals surface area (Å²) in [6.45, 7) is 0.742. The first kappa shape index (κ1) is 29.5. The third-order valence-electron chi connectivity index (χ3n) is 8.32. The van der Waals surface area contributed by atoms with Gasteiger partial charge in [-0.05, 0) is 54.3 Å². The van der Waals surface area contributed by atoms with Crippen molar-refractivity contribution in [3.8, 4) is 11.5 Å². The number of ketones is 1. The fourth-order valence-electron chi connectivity index (χ4n) is 6.01. The maximum Gasteiger partial charge on any atom is 0.261 e. The Bertz CT molecular complexity index is 1760. The van der Waals surface area contributed by atoms with E-state index in [2.05, 4.69) is 5.32 Å². The molecule has 0 bridgehead atoms. The number of ether oxygens (including phenoxy) is 1. The van der Waals surface area contributed by atoms with Gasteiger partial charge in [-0.2, -0.15) is 0 Å². The van der Waals surface area contributed by atoms with Crippen molar-refractivity contribution in [3.05, 3.63) is 100 Å². The number of nitrogens with two attached hydrogens (primary N) is 3. The molecule has 1 aliphatic carbocycles. The molecule has 0 radical (unpaired) electrons. The normalized spacial score (nSPS) is 20.3. The zero-order valence-electron chi connectivity index (χ0n) is 23.9. The molecule has 2 atom stereocenters. The van der Waals surface area contributed by atoms with Crippen LogP contribution in [0.3, 0.4) is 0 Å². The number of aliphatic hydroxyl groups excluding tert-OH is 1. The number of carbonyl (C=O) groups is 3. The molecule has 226 valence electrons. The molecule has 0 spiro atoms. The summed E-state index contributed by atoms with van der Waals surface area (Å²) in [5, 5.41) is 12.6. The van der Waals surface area contributed by atoms with E-state index < -0.39 is 17.4 Å². The molecular weight excluding hydrogens is 578 g/mol. The number of amides is 2. The number of para-hydroxylation sites is 1. The fourth-order valence-corrected chi connectivity index (χ4v) is 7.21. The monoisotopic (exact) mass is 611 g/mol. The molecule has 1 aromatic heterocycles. The van der Waals surface area contributed by atoms with Crippen molar-refractivity contribution in [3.63, 3.8) is 0 Å². The number of rotatable bonds is 7. The molecule has 1 aliphatic heterocycles. The number of carbonyl (C=O) groups excluding carboxylic acids is 3. The highest BCUT2D eigenvalue weighted by Crippen LogP contribution is 2.49. The summed E-state index contributed by atoms with van der Waals surface area (Å²) in [6, 6.07) is 18.5. The van der Waals surface area contributed by atoms with E-state index in [1.165, 1.54) is 23.5 Å². The Hall–Kier alpha value is -4.55. The maximum atomic E-state index is 14.1. The van der Waals surface area contributed by atoms with Gasteiger partial charge >= 0.3 is 0 Å². The van der Waals surface area contributed by atoms with Crippen LogP contribution in [0.15, 0.2) is 78.9 Å². The van der Waals surface area contributed by atoms with Crippen molar-refractivity contribution in [2.45, 2.75) is 30.5 Å². The molecule has 2 heterocycles. The van der Waals surface area contributed by atoms with Crippen LogP contribution in [0.5, 0.6) is 11.5 Å². The van der Waals surface area contributed by atoms with Gasteiger partial charge in [-0.1, -0.05) is 42.5 Å². The minimum atomic E-state index is -1.57. The van der Waals surface area contributed by atoms with E-state index in [0.29, 0.717) is 74.8 Å². The zero-order chi connectivity index (χ0) is 31.0. The third kappa shape index (κ3) is 5.13. The summed E-state index contributed by atoms with van der Waals surface area (Å²) in [5.41, 5.74) is 20.4. The van der Waals surface area contributed by atoms with Gasteiger partial charge in [-0.15, -0.1) is 11.3 Å². The zero-order valence-corrected chi connectivity index (χ0v) is 24.7. The SMILES string of the molecule is Nc1ccc2c3c(c(C(=O)NC4CCN(C(=O)/C=C/CO)CC4)sc13)C(N)C(=O)C2(N)c1ccc(Oc2ccccc2)cc1. The first-order valence-corrected chi connectivity index (χ1v) is 15.2. The number of nitrogen functional groups attached to an aromatic ring is 1. The fraction of sp³-hybridized carbons (Fsp3) is 0.242. The molecular formula is C33H33N5O5S. The molecule has 3 aromatic carbocycles. The first-order chi connectivity index (χ1) is 21.2. The summed E-state index contributed by atoms with van der Waals surface area (Å²) < 4.78 is 6.57. The average Bonchev–Trinajstić information content (AvgIpc) is 3.45. The van der Waals surface area contributed by atoms with E-state index in [4.69, 9.17) is 27.0 Å². The lowest BCUT2D eigenvalue weighted by Gasteiger charge is -2.36. The van der Waals surface area contributed by atoms with Gasteiger partial charge in [0.1, 0.15) is 17.0 Å². The minimum Gasteiger partial charge on any atom is -0.457 e.